The Morgan fingerprint density at radius 2 is 2.03 bits per heavy atom. The summed E-state index contributed by atoms with van der Waals surface area (Å²) >= 11 is 0. The number of esters is 3. The van der Waals surface area contributed by atoms with E-state index in [0.29, 0.717) is 25.8 Å². The molecule has 0 saturated carbocycles. The Bertz CT molecular complexity index is 591. The van der Waals surface area contributed by atoms with Gasteiger partial charge >= 0.3 is 17.9 Å². The van der Waals surface area contributed by atoms with Crippen molar-refractivity contribution in [1.29, 1.82) is 0 Å². The van der Waals surface area contributed by atoms with E-state index in [-0.39, 0.29) is 19.8 Å². The molecule has 2 saturated heterocycles. The van der Waals surface area contributed by atoms with Gasteiger partial charge in [0.25, 0.3) is 0 Å². The maximum Gasteiger partial charge on any atom is 0.338 e. The second kappa shape index (κ2) is 12.1. The molecular weight excluding hydrogens is 402 g/mol. The van der Waals surface area contributed by atoms with Gasteiger partial charge in [0, 0.05) is 12.8 Å². The Kier molecular flexibility index (Phi) is 9.88. The number of cyclic esters (lactones) is 1. The molecule has 0 radical (unpaired) electrons. The van der Waals surface area contributed by atoms with Crippen LogP contribution in [0.3, 0.4) is 0 Å². The van der Waals surface area contributed by atoms with Gasteiger partial charge in [-0.25, -0.2) is 4.79 Å². The number of carbonyl (C=O) groups is 3. The van der Waals surface area contributed by atoms with E-state index in [1.807, 2.05) is 0 Å². The van der Waals surface area contributed by atoms with Gasteiger partial charge in [-0.2, -0.15) is 0 Å². The fourth-order valence-corrected chi connectivity index (χ4v) is 3.16. The second-order valence-electron chi connectivity index (χ2n) is 7.30. The molecule has 0 spiro atoms. The number of aliphatic hydroxyl groups is 2. The molecule has 0 aromatic carbocycles. The van der Waals surface area contributed by atoms with Crippen molar-refractivity contribution in [3.8, 4) is 0 Å². The monoisotopic (exact) mass is 433 g/mol. The van der Waals surface area contributed by atoms with Crippen molar-refractivity contribution in [3.63, 3.8) is 0 Å². The van der Waals surface area contributed by atoms with Crippen LogP contribution < -0.4 is 16.8 Å². The smallest absolute Gasteiger partial charge is 0.338 e. The predicted octanol–water partition coefficient (Wildman–Crippen LogP) is -2.38. The minimum absolute atomic E-state index is 0.0510. The van der Waals surface area contributed by atoms with E-state index >= 15 is 0 Å². The Morgan fingerprint density at radius 1 is 1.27 bits per heavy atom. The van der Waals surface area contributed by atoms with Crippen molar-refractivity contribution >= 4 is 17.9 Å². The Hall–Kier alpha value is -1.83. The molecule has 2 heterocycles. The zero-order chi connectivity index (χ0) is 22.1. The lowest BCUT2D eigenvalue weighted by Crippen LogP contribution is -2.42. The van der Waals surface area contributed by atoms with Gasteiger partial charge in [0.1, 0.15) is 24.3 Å². The molecular formula is C18H31N3O9. The zero-order valence-electron chi connectivity index (χ0n) is 16.7. The Labute approximate surface area is 174 Å². The van der Waals surface area contributed by atoms with Crippen molar-refractivity contribution in [3.05, 3.63) is 0 Å². The molecule has 172 valence electrons. The molecule has 0 aromatic heterocycles. The first-order valence-corrected chi connectivity index (χ1v) is 10.1. The van der Waals surface area contributed by atoms with Gasteiger partial charge in [-0.1, -0.05) is 6.42 Å². The average Bonchev–Trinajstić information content (AvgIpc) is 3.28. The fourth-order valence-electron chi connectivity index (χ4n) is 3.16. The quantitative estimate of drug-likeness (QED) is 0.0951. The molecule has 0 aromatic rings. The van der Waals surface area contributed by atoms with Gasteiger partial charge in [-0.3, -0.25) is 14.9 Å². The molecule has 2 fully saturated rings. The maximum atomic E-state index is 12.1. The first kappa shape index (κ1) is 24.4. The number of unbranched alkanes of at least 4 members (excludes halogenated alkanes) is 1. The van der Waals surface area contributed by atoms with E-state index in [4.69, 9.17) is 30.4 Å². The van der Waals surface area contributed by atoms with Crippen molar-refractivity contribution in [1.82, 2.24) is 5.32 Å². The molecule has 3 unspecified atom stereocenters. The van der Waals surface area contributed by atoms with Crippen molar-refractivity contribution in [2.45, 2.75) is 75.1 Å². The SMILES string of the molecule is NCCCCC(N)C(=O)OC1CCC(C(=O)OCOCC[C@H]2OC(=O)[C@H](O)[C@@H]2O)N1. The molecule has 30 heavy (non-hydrogen) atoms. The van der Waals surface area contributed by atoms with Crippen LogP contribution in [-0.4, -0.2) is 84.7 Å². The summed E-state index contributed by atoms with van der Waals surface area (Å²) in [5.74, 6) is -1.96. The lowest BCUT2D eigenvalue weighted by atomic mass is 10.1. The van der Waals surface area contributed by atoms with Crippen LogP contribution in [0.25, 0.3) is 0 Å². The summed E-state index contributed by atoms with van der Waals surface area (Å²) in [7, 11) is 0. The minimum Gasteiger partial charge on any atom is -0.457 e. The van der Waals surface area contributed by atoms with E-state index in [0.717, 1.165) is 12.8 Å². The van der Waals surface area contributed by atoms with Crippen LogP contribution in [0.5, 0.6) is 0 Å². The number of hydrogen-bond donors (Lipinski definition) is 5. The molecule has 2 aliphatic heterocycles. The van der Waals surface area contributed by atoms with E-state index in [9.17, 15) is 24.6 Å². The van der Waals surface area contributed by atoms with Crippen LogP contribution in [0.4, 0.5) is 0 Å². The van der Waals surface area contributed by atoms with E-state index < -0.39 is 54.5 Å². The number of carbonyl (C=O) groups excluding carboxylic acids is 3. The second-order valence-corrected chi connectivity index (χ2v) is 7.30. The van der Waals surface area contributed by atoms with Gasteiger partial charge in [0.2, 0.25) is 0 Å². The molecule has 2 aliphatic rings. The summed E-state index contributed by atoms with van der Waals surface area (Å²) in [6.45, 7) is 0.265. The first-order chi connectivity index (χ1) is 14.3. The summed E-state index contributed by atoms with van der Waals surface area (Å²) in [4.78, 5) is 35.1. The molecule has 0 aliphatic carbocycles. The molecule has 2 rings (SSSR count). The van der Waals surface area contributed by atoms with Gasteiger partial charge in [0.05, 0.1) is 6.61 Å². The highest BCUT2D eigenvalue weighted by Gasteiger charge is 2.42. The van der Waals surface area contributed by atoms with Crippen LogP contribution >= 0.6 is 0 Å². The highest BCUT2D eigenvalue weighted by Crippen LogP contribution is 2.19. The van der Waals surface area contributed by atoms with Crippen LogP contribution in [0.15, 0.2) is 0 Å². The third-order valence-electron chi connectivity index (χ3n) is 4.96. The number of ether oxygens (including phenoxy) is 4. The Morgan fingerprint density at radius 3 is 2.70 bits per heavy atom. The van der Waals surface area contributed by atoms with Crippen LogP contribution in [0.2, 0.25) is 0 Å². The van der Waals surface area contributed by atoms with Gasteiger partial charge < -0.3 is 40.6 Å². The summed E-state index contributed by atoms with van der Waals surface area (Å²) in [5.41, 5.74) is 11.2. The lowest BCUT2D eigenvalue weighted by Gasteiger charge is -2.17. The standard InChI is InChI=1S/C18H31N3O9/c19-7-2-1-3-10(20)16(24)30-13-5-4-11(21-13)17(25)28-9-27-8-6-12-14(22)15(23)18(26)29-12/h10-15,21-23H,1-9,19-20H2/t10?,11?,12-,13?,14-,15-/m1/s1. The summed E-state index contributed by atoms with van der Waals surface area (Å²) in [5, 5.41) is 21.8. The fraction of sp³-hybridized carbons (Fsp3) is 0.833. The number of aliphatic hydroxyl groups excluding tert-OH is 2. The van der Waals surface area contributed by atoms with Crippen molar-refractivity contribution < 1.29 is 43.5 Å². The predicted molar refractivity (Wildman–Crippen MR) is 100 cm³/mol. The molecule has 0 bridgehead atoms. The van der Waals surface area contributed by atoms with Gasteiger partial charge in [0.15, 0.2) is 19.1 Å². The summed E-state index contributed by atoms with van der Waals surface area (Å²) in [6.07, 6.45) is -1.29. The number of nitrogens with one attached hydrogen (secondary N) is 1. The van der Waals surface area contributed by atoms with Crippen LogP contribution in [0, 0.1) is 0 Å². The molecule has 7 N–H and O–H groups in total. The van der Waals surface area contributed by atoms with Crippen LogP contribution in [0.1, 0.15) is 38.5 Å². The van der Waals surface area contributed by atoms with Crippen molar-refractivity contribution in [2.75, 3.05) is 19.9 Å². The third kappa shape index (κ3) is 7.15. The van der Waals surface area contributed by atoms with E-state index in [1.54, 1.807) is 0 Å². The Balaban J connectivity index is 1.57. The molecule has 0 amide bonds. The van der Waals surface area contributed by atoms with E-state index in [1.165, 1.54) is 0 Å². The van der Waals surface area contributed by atoms with Gasteiger partial charge in [-0.05, 0) is 25.8 Å². The maximum absolute atomic E-state index is 12.1. The highest BCUT2D eigenvalue weighted by molar-refractivity contribution is 5.78. The third-order valence-corrected chi connectivity index (χ3v) is 4.96. The summed E-state index contributed by atoms with van der Waals surface area (Å²) < 4.78 is 20.2. The van der Waals surface area contributed by atoms with Crippen LogP contribution in [-0.2, 0) is 33.3 Å². The van der Waals surface area contributed by atoms with Gasteiger partial charge in [-0.15, -0.1) is 0 Å². The minimum atomic E-state index is -1.55. The first-order valence-electron chi connectivity index (χ1n) is 10.1. The molecule has 6 atom stereocenters. The van der Waals surface area contributed by atoms with E-state index in [2.05, 4.69) is 5.32 Å². The zero-order valence-corrected chi connectivity index (χ0v) is 16.7. The number of rotatable bonds is 12. The normalized spacial score (nSPS) is 29.5. The largest absolute Gasteiger partial charge is 0.457 e. The highest BCUT2D eigenvalue weighted by atomic mass is 16.7. The average molecular weight is 433 g/mol. The number of nitrogens with two attached hydrogens (primary N) is 2. The summed E-state index contributed by atoms with van der Waals surface area (Å²) in [6, 6.07) is -1.36. The molecule has 12 heteroatoms. The topological polar surface area (TPSA) is 193 Å². The molecule has 12 nitrogen and oxygen atoms in total. The lowest BCUT2D eigenvalue weighted by molar-refractivity contribution is -0.161. The van der Waals surface area contributed by atoms with Crippen molar-refractivity contribution in [2.24, 2.45) is 11.5 Å². The number of hydrogen-bond acceptors (Lipinski definition) is 12.